The van der Waals surface area contributed by atoms with Crippen LogP contribution in [0.4, 0.5) is 11.4 Å². The van der Waals surface area contributed by atoms with Gasteiger partial charge in [0.1, 0.15) is 0 Å². The molecule has 0 unspecified atom stereocenters. The molecule has 0 spiro atoms. The van der Waals surface area contributed by atoms with Crippen molar-refractivity contribution in [1.82, 2.24) is 10.6 Å². The zero-order valence-corrected chi connectivity index (χ0v) is 18.9. The van der Waals surface area contributed by atoms with Crippen LogP contribution in [-0.4, -0.2) is 34.2 Å². The molecule has 2 fully saturated rings. The average molecular weight is 387 g/mol. The van der Waals surface area contributed by atoms with Crippen molar-refractivity contribution in [3.8, 4) is 0 Å². The molecule has 0 aliphatic carbocycles. The fourth-order valence-corrected chi connectivity index (χ4v) is 4.86. The Balaban J connectivity index is 2.29. The highest BCUT2D eigenvalue weighted by atomic mass is 16.2. The number of carbonyl (C=O) groups is 2. The van der Waals surface area contributed by atoms with Crippen molar-refractivity contribution in [2.24, 2.45) is 0 Å². The summed E-state index contributed by atoms with van der Waals surface area (Å²) in [5, 5.41) is 6.86. The van der Waals surface area contributed by atoms with Gasteiger partial charge in [0.25, 0.3) is 0 Å². The topological polar surface area (TPSA) is 64.7 Å². The average Bonchev–Trinajstić information content (AvgIpc) is 2.77. The molecule has 0 bridgehead atoms. The van der Waals surface area contributed by atoms with Gasteiger partial charge in [0.2, 0.25) is 11.8 Å². The first kappa shape index (κ1) is 20.8. The van der Waals surface area contributed by atoms with Gasteiger partial charge in [0.05, 0.1) is 33.8 Å². The Kier molecular flexibility index (Phi) is 4.31. The molecule has 6 heteroatoms. The molecule has 2 amide bonds. The van der Waals surface area contributed by atoms with Gasteiger partial charge in [-0.25, -0.2) is 0 Å². The molecular weight excluding hydrogens is 352 g/mol. The number of aryl methyl sites for hydroxylation is 1. The SMILES string of the molecule is Cc1ccc(N2C(=O)C(C)(C)NC2(C)C)c(N2C(=O)C(C)(C)NC2(C)C)c1C. The van der Waals surface area contributed by atoms with Gasteiger partial charge in [-0.1, -0.05) is 6.07 Å². The molecule has 1 aromatic carbocycles. The van der Waals surface area contributed by atoms with Crippen LogP contribution in [0.5, 0.6) is 0 Å². The summed E-state index contributed by atoms with van der Waals surface area (Å²) in [5.41, 5.74) is 1.14. The smallest absolute Gasteiger partial charge is 0.248 e. The third-order valence-electron chi connectivity index (χ3n) is 5.98. The van der Waals surface area contributed by atoms with E-state index in [4.69, 9.17) is 0 Å². The molecule has 6 nitrogen and oxygen atoms in total. The third kappa shape index (κ3) is 2.85. The second-order valence-corrected chi connectivity index (χ2v) is 10.3. The van der Waals surface area contributed by atoms with E-state index in [0.29, 0.717) is 0 Å². The standard InChI is InChI=1S/C22H34N4O2/c1-13-11-12-15(25-17(27)19(3,4)23-21(25,7)8)16(14(13)2)26-18(28)20(5,6)24-22(26,9)10/h11-12,23-24H,1-10H3. The number of hydrogen-bond acceptors (Lipinski definition) is 4. The Bertz CT molecular complexity index is 868. The van der Waals surface area contributed by atoms with E-state index in [1.807, 2.05) is 91.2 Å². The maximum absolute atomic E-state index is 13.4. The van der Waals surface area contributed by atoms with Gasteiger partial charge >= 0.3 is 0 Å². The second-order valence-electron chi connectivity index (χ2n) is 10.3. The summed E-state index contributed by atoms with van der Waals surface area (Å²) in [6.07, 6.45) is 0. The van der Waals surface area contributed by atoms with Crippen molar-refractivity contribution in [2.75, 3.05) is 9.80 Å². The van der Waals surface area contributed by atoms with E-state index in [1.165, 1.54) is 0 Å². The van der Waals surface area contributed by atoms with Gasteiger partial charge in [0.15, 0.2) is 0 Å². The first-order chi connectivity index (χ1) is 12.5. The van der Waals surface area contributed by atoms with Crippen molar-refractivity contribution in [1.29, 1.82) is 0 Å². The highest BCUT2D eigenvalue weighted by Gasteiger charge is 2.54. The van der Waals surface area contributed by atoms with Crippen molar-refractivity contribution < 1.29 is 9.59 Å². The van der Waals surface area contributed by atoms with Crippen LogP contribution in [0.2, 0.25) is 0 Å². The molecule has 28 heavy (non-hydrogen) atoms. The summed E-state index contributed by atoms with van der Waals surface area (Å²) in [6.45, 7) is 19.7. The summed E-state index contributed by atoms with van der Waals surface area (Å²) in [7, 11) is 0. The highest BCUT2D eigenvalue weighted by molar-refractivity contribution is 6.11. The molecule has 2 aliphatic heterocycles. The van der Waals surface area contributed by atoms with Gasteiger partial charge in [-0.15, -0.1) is 0 Å². The summed E-state index contributed by atoms with van der Waals surface area (Å²) >= 11 is 0. The first-order valence-electron chi connectivity index (χ1n) is 9.91. The Morgan fingerprint density at radius 2 is 1.14 bits per heavy atom. The van der Waals surface area contributed by atoms with Crippen LogP contribution in [-0.2, 0) is 9.59 Å². The molecule has 2 N–H and O–H groups in total. The fraction of sp³-hybridized carbons (Fsp3) is 0.636. The quantitative estimate of drug-likeness (QED) is 0.819. The lowest BCUT2D eigenvalue weighted by Crippen LogP contribution is -2.51. The molecule has 3 rings (SSSR count). The molecule has 154 valence electrons. The van der Waals surface area contributed by atoms with E-state index in [1.54, 1.807) is 0 Å². The van der Waals surface area contributed by atoms with Crippen LogP contribution in [0.25, 0.3) is 0 Å². The van der Waals surface area contributed by atoms with E-state index < -0.39 is 22.4 Å². The van der Waals surface area contributed by atoms with Crippen molar-refractivity contribution in [2.45, 2.75) is 91.6 Å². The van der Waals surface area contributed by atoms with Crippen LogP contribution < -0.4 is 20.4 Å². The van der Waals surface area contributed by atoms with Crippen molar-refractivity contribution >= 4 is 23.2 Å². The van der Waals surface area contributed by atoms with E-state index in [2.05, 4.69) is 10.6 Å². The van der Waals surface area contributed by atoms with Crippen LogP contribution in [0, 0.1) is 13.8 Å². The van der Waals surface area contributed by atoms with Gasteiger partial charge in [-0.3, -0.25) is 30.0 Å². The molecule has 0 radical (unpaired) electrons. The normalized spacial score (nSPS) is 24.9. The Labute approximate surface area is 168 Å². The zero-order chi connectivity index (χ0) is 21.4. The molecular formula is C22H34N4O2. The predicted molar refractivity (Wildman–Crippen MR) is 113 cm³/mol. The maximum Gasteiger partial charge on any atom is 0.248 e. The second kappa shape index (κ2) is 5.80. The summed E-state index contributed by atoms with van der Waals surface area (Å²) in [4.78, 5) is 30.4. The largest absolute Gasteiger partial charge is 0.290 e. The highest BCUT2D eigenvalue weighted by Crippen LogP contribution is 2.45. The first-order valence-corrected chi connectivity index (χ1v) is 9.91. The molecule has 2 heterocycles. The van der Waals surface area contributed by atoms with Gasteiger partial charge in [-0.05, 0) is 86.4 Å². The summed E-state index contributed by atoms with van der Waals surface area (Å²) in [5.74, 6) is 0.00259. The van der Waals surface area contributed by atoms with Gasteiger partial charge < -0.3 is 0 Å². The number of rotatable bonds is 2. The summed E-state index contributed by atoms with van der Waals surface area (Å²) < 4.78 is 0. The van der Waals surface area contributed by atoms with Crippen molar-refractivity contribution in [3.63, 3.8) is 0 Å². The Morgan fingerprint density at radius 3 is 1.54 bits per heavy atom. The number of nitrogens with zero attached hydrogens (tertiary/aromatic N) is 2. The molecule has 0 aromatic heterocycles. The van der Waals surface area contributed by atoms with Gasteiger partial charge in [-0.2, -0.15) is 0 Å². The zero-order valence-electron chi connectivity index (χ0n) is 18.9. The number of anilines is 2. The Hall–Kier alpha value is -1.92. The van der Waals surface area contributed by atoms with E-state index in [0.717, 1.165) is 22.5 Å². The molecule has 0 atom stereocenters. The maximum atomic E-state index is 13.4. The lowest BCUT2D eigenvalue weighted by Gasteiger charge is -2.39. The minimum atomic E-state index is -0.682. The number of amides is 2. The van der Waals surface area contributed by atoms with E-state index in [-0.39, 0.29) is 11.8 Å². The fourth-order valence-electron chi connectivity index (χ4n) is 4.86. The van der Waals surface area contributed by atoms with E-state index >= 15 is 0 Å². The van der Waals surface area contributed by atoms with Crippen LogP contribution in [0.1, 0.15) is 66.5 Å². The minimum Gasteiger partial charge on any atom is -0.290 e. The number of benzene rings is 1. The molecule has 2 aliphatic rings. The lowest BCUT2D eigenvalue weighted by atomic mass is 10.00. The number of nitrogens with one attached hydrogen (secondary N) is 2. The van der Waals surface area contributed by atoms with Gasteiger partial charge in [0, 0.05) is 0 Å². The monoisotopic (exact) mass is 386 g/mol. The number of hydrogen-bond donors (Lipinski definition) is 2. The predicted octanol–water partition coefficient (Wildman–Crippen LogP) is 3.21. The lowest BCUT2D eigenvalue weighted by molar-refractivity contribution is -0.122. The van der Waals surface area contributed by atoms with Crippen LogP contribution in [0.15, 0.2) is 12.1 Å². The minimum absolute atomic E-state index is 0.00123. The molecule has 1 aromatic rings. The molecule has 2 saturated heterocycles. The molecule has 0 saturated carbocycles. The third-order valence-corrected chi connectivity index (χ3v) is 5.98. The van der Waals surface area contributed by atoms with Crippen molar-refractivity contribution in [3.05, 3.63) is 23.3 Å². The Morgan fingerprint density at radius 1 is 0.714 bits per heavy atom. The number of carbonyl (C=O) groups excluding carboxylic acids is 2. The van der Waals surface area contributed by atoms with Crippen LogP contribution in [0.3, 0.4) is 0 Å². The van der Waals surface area contributed by atoms with Crippen LogP contribution >= 0.6 is 0 Å². The van der Waals surface area contributed by atoms with E-state index in [9.17, 15) is 9.59 Å². The summed E-state index contributed by atoms with van der Waals surface area (Å²) in [6, 6.07) is 3.99.